The molecule has 218 valence electrons. The van der Waals surface area contributed by atoms with Crippen LogP contribution >= 0.6 is 0 Å². The minimum absolute atomic E-state index is 0.155. The van der Waals surface area contributed by atoms with Gasteiger partial charge in [-0.25, -0.2) is 0 Å². The standard InChI is InChI=1S/C26H30O14/c1-11(27)23-18(35-13(3)29)8-19(36-14(4)30)24(26(23)39-17(7)33)20-9-21(37-15(5)31)25(38-16(6)32)22(40-20)10-34-12(2)28/h8,20-22,25H,9-10H2,1-7H3/t20-,21-,22-,25+/m1/s1. The van der Waals surface area contributed by atoms with Crippen LogP contribution < -0.4 is 14.2 Å². The molecule has 14 heteroatoms. The maximum Gasteiger partial charge on any atom is 0.308 e. The van der Waals surface area contributed by atoms with Crippen molar-refractivity contribution in [1.29, 1.82) is 0 Å². The van der Waals surface area contributed by atoms with Crippen LogP contribution in [0.25, 0.3) is 0 Å². The van der Waals surface area contributed by atoms with Gasteiger partial charge in [-0.2, -0.15) is 0 Å². The van der Waals surface area contributed by atoms with Gasteiger partial charge in [0.15, 0.2) is 17.6 Å². The largest absolute Gasteiger partial charge is 0.463 e. The highest BCUT2D eigenvalue weighted by Crippen LogP contribution is 2.48. The van der Waals surface area contributed by atoms with Gasteiger partial charge in [0.05, 0.1) is 11.7 Å². The average Bonchev–Trinajstić information content (AvgIpc) is 2.77. The molecule has 0 aliphatic carbocycles. The Morgan fingerprint density at radius 1 is 0.725 bits per heavy atom. The van der Waals surface area contributed by atoms with Gasteiger partial charge >= 0.3 is 35.8 Å². The molecule has 1 aromatic rings. The maximum absolute atomic E-state index is 12.7. The van der Waals surface area contributed by atoms with Crippen LogP contribution in [-0.2, 0) is 47.7 Å². The van der Waals surface area contributed by atoms with Crippen molar-refractivity contribution < 1.29 is 66.7 Å². The first kappa shape index (κ1) is 31.9. The van der Waals surface area contributed by atoms with Crippen LogP contribution in [0.4, 0.5) is 0 Å². The Bertz CT molecular complexity index is 1220. The van der Waals surface area contributed by atoms with Crippen LogP contribution in [0, 0.1) is 0 Å². The van der Waals surface area contributed by atoms with E-state index in [-0.39, 0.29) is 29.0 Å². The Morgan fingerprint density at radius 2 is 1.27 bits per heavy atom. The van der Waals surface area contributed by atoms with E-state index in [0.29, 0.717) is 0 Å². The van der Waals surface area contributed by atoms with Crippen molar-refractivity contribution in [2.45, 2.75) is 79.3 Å². The summed E-state index contributed by atoms with van der Waals surface area (Å²) in [7, 11) is 0. The van der Waals surface area contributed by atoms with Crippen LogP contribution in [0.3, 0.4) is 0 Å². The second-order valence-electron chi connectivity index (χ2n) is 8.75. The number of ether oxygens (including phenoxy) is 7. The van der Waals surface area contributed by atoms with E-state index in [0.717, 1.165) is 54.5 Å². The second-order valence-corrected chi connectivity index (χ2v) is 8.75. The molecule has 0 aromatic heterocycles. The van der Waals surface area contributed by atoms with Crippen molar-refractivity contribution in [2.24, 2.45) is 0 Å². The fourth-order valence-corrected chi connectivity index (χ4v) is 4.11. The highest BCUT2D eigenvalue weighted by Gasteiger charge is 2.46. The number of Topliss-reactive ketones (excluding diaryl/α,β-unsaturated/α-hetero) is 1. The van der Waals surface area contributed by atoms with Gasteiger partial charge in [0.1, 0.15) is 35.9 Å². The van der Waals surface area contributed by atoms with Crippen LogP contribution in [0.1, 0.15) is 76.9 Å². The van der Waals surface area contributed by atoms with Crippen LogP contribution in [0.5, 0.6) is 17.2 Å². The third kappa shape index (κ3) is 8.59. The van der Waals surface area contributed by atoms with E-state index in [1.165, 1.54) is 0 Å². The number of carbonyl (C=O) groups is 7. The molecule has 0 unspecified atom stereocenters. The first-order valence-corrected chi connectivity index (χ1v) is 12.0. The van der Waals surface area contributed by atoms with Crippen molar-refractivity contribution in [3.63, 3.8) is 0 Å². The monoisotopic (exact) mass is 566 g/mol. The lowest BCUT2D eigenvalue weighted by atomic mass is 9.90. The molecule has 0 bridgehead atoms. The van der Waals surface area contributed by atoms with Crippen LogP contribution in [0.2, 0.25) is 0 Å². The summed E-state index contributed by atoms with van der Waals surface area (Å²) >= 11 is 0. The first-order valence-electron chi connectivity index (χ1n) is 12.0. The van der Waals surface area contributed by atoms with E-state index >= 15 is 0 Å². The zero-order valence-electron chi connectivity index (χ0n) is 23.0. The summed E-state index contributed by atoms with van der Waals surface area (Å²) < 4.78 is 37.8. The minimum atomic E-state index is -1.27. The number of rotatable bonds is 9. The lowest BCUT2D eigenvalue weighted by molar-refractivity contribution is -0.216. The molecule has 1 aliphatic rings. The maximum atomic E-state index is 12.7. The molecule has 1 heterocycles. The number of carbonyl (C=O) groups excluding carboxylic acids is 7. The highest BCUT2D eigenvalue weighted by molar-refractivity contribution is 6.02. The van der Waals surface area contributed by atoms with Crippen molar-refractivity contribution in [3.05, 3.63) is 17.2 Å². The van der Waals surface area contributed by atoms with Gasteiger partial charge in [-0.05, 0) is 6.92 Å². The summed E-state index contributed by atoms with van der Waals surface area (Å²) in [5.74, 6) is -6.54. The van der Waals surface area contributed by atoms with Crippen LogP contribution in [0.15, 0.2) is 6.07 Å². The molecule has 1 saturated heterocycles. The highest BCUT2D eigenvalue weighted by atomic mass is 16.6. The predicted molar refractivity (Wildman–Crippen MR) is 130 cm³/mol. The molecule has 0 N–H and O–H groups in total. The molecule has 4 atom stereocenters. The lowest BCUT2D eigenvalue weighted by Crippen LogP contribution is -2.51. The van der Waals surface area contributed by atoms with Gasteiger partial charge in [0.2, 0.25) is 0 Å². The van der Waals surface area contributed by atoms with Crippen molar-refractivity contribution in [2.75, 3.05) is 6.61 Å². The van der Waals surface area contributed by atoms with Gasteiger partial charge in [-0.1, -0.05) is 0 Å². The molecule has 1 aliphatic heterocycles. The molecule has 1 fully saturated rings. The number of hydrogen-bond acceptors (Lipinski definition) is 14. The molecule has 14 nitrogen and oxygen atoms in total. The summed E-state index contributed by atoms with van der Waals surface area (Å²) in [6.45, 7) is 7.21. The quantitative estimate of drug-likeness (QED) is 0.183. The van der Waals surface area contributed by atoms with E-state index in [2.05, 4.69) is 0 Å². The predicted octanol–water partition coefficient (Wildman–Crippen LogP) is 1.92. The van der Waals surface area contributed by atoms with Gasteiger partial charge in [-0.3, -0.25) is 33.6 Å². The van der Waals surface area contributed by atoms with Crippen LogP contribution in [-0.4, -0.2) is 66.5 Å². The summed E-state index contributed by atoms with van der Waals surface area (Å²) in [6, 6.07) is 1.07. The van der Waals surface area contributed by atoms with Gasteiger partial charge in [-0.15, -0.1) is 0 Å². The number of esters is 6. The average molecular weight is 567 g/mol. The van der Waals surface area contributed by atoms with E-state index < -0.39 is 78.4 Å². The first-order chi connectivity index (χ1) is 18.6. The summed E-state index contributed by atoms with van der Waals surface area (Å²) in [5.41, 5.74) is -0.500. The minimum Gasteiger partial charge on any atom is -0.463 e. The van der Waals surface area contributed by atoms with E-state index in [9.17, 15) is 33.6 Å². The van der Waals surface area contributed by atoms with Crippen molar-refractivity contribution >= 4 is 41.6 Å². The third-order valence-electron chi connectivity index (χ3n) is 5.26. The Morgan fingerprint density at radius 3 is 1.75 bits per heavy atom. The molecule has 2 rings (SSSR count). The summed E-state index contributed by atoms with van der Waals surface area (Å²) in [5, 5.41) is 0. The molecule has 0 spiro atoms. The van der Waals surface area contributed by atoms with Gasteiger partial charge in [0, 0.05) is 54.0 Å². The molecule has 1 aromatic carbocycles. The molecular formula is C26H30O14. The Labute approximate surface area is 229 Å². The number of benzene rings is 1. The van der Waals surface area contributed by atoms with Gasteiger partial charge < -0.3 is 33.2 Å². The van der Waals surface area contributed by atoms with E-state index in [1.54, 1.807) is 0 Å². The fraction of sp³-hybridized carbons (Fsp3) is 0.500. The number of hydrogen-bond donors (Lipinski definition) is 0. The third-order valence-corrected chi connectivity index (χ3v) is 5.26. The van der Waals surface area contributed by atoms with Crippen molar-refractivity contribution in [1.82, 2.24) is 0 Å². The molecular weight excluding hydrogens is 536 g/mol. The summed E-state index contributed by atoms with van der Waals surface area (Å²) in [4.78, 5) is 84.0. The molecule has 40 heavy (non-hydrogen) atoms. The van der Waals surface area contributed by atoms with Crippen molar-refractivity contribution in [3.8, 4) is 17.2 Å². The molecule has 0 amide bonds. The zero-order chi connectivity index (χ0) is 30.3. The Balaban J connectivity index is 2.87. The van der Waals surface area contributed by atoms with Gasteiger partial charge in [0.25, 0.3) is 0 Å². The number of ketones is 1. The zero-order valence-corrected chi connectivity index (χ0v) is 23.0. The van der Waals surface area contributed by atoms with E-state index in [1.807, 2.05) is 0 Å². The molecule has 0 radical (unpaired) electrons. The lowest BCUT2D eigenvalue weighted by Gasteiger charge is -2.41. The SMILES string of the molecule is CC(=O)OC[C@H]1O[C@@H](c2c(OC(C)=O)cc(OC(C)=O)c(C(C)=O)c2OC(C)=O)C[C@@H](OC(C)=O)[C@@H]1OC(C)=O. The second kappa shape index (κ2) is 13.6. The molecule has 0 saturated carbocycles. The van der Waals surface area contributed by atoms with E-state index in [4.69, 9.17) is 33.2 Å². The normalized spacial score (nSPS) is 20.0. The Hall–Kier alpha value is -4.33. The topological polar surface area (TPSA) is 184 Å². The smallest absolute Gasteiger partial charge is 0.308 e. The summed E-state index contributed by atoms with van der Waals surface area (Å²) in [6.07, 6.45) is -5.20. The fourth-order valence-electron chi connectivity index (χ4n) is 4.11. The Kier molecular flexibility index (Phi) is 10.9.